The molecule has 3 heteroatoms. The maximum atomic E-state index is 2.44. The molecule has 0 N–H and O–H groups in total. The van der Waals surface area contributed by atoms with E-state index in [1.54, 1.807) is 0 Å². The number of hydrogen-bond donors (Lipinski definition) is 0. The molecule has 0 atom stereocenters. The van der Waals surface area contributed by atoms with Gasteiger partial charge in [-0.2, -0.15) is 0 Å². The van der Waals surface area contributed by atoms with Gasteiger partial charge in [-0.05, 0) is 93.9 Å². The molecule has 0 bridgehead atoms. The number of fused-ring (bicyclic) bond motifs is 9. The molecule has 11 rings (SSSR count). The summed E-state index contributed by atoms with van der Waals surface area (Å²) >= 11 is 0. The van der Waals surface area contributed by atoms with Crippen LogP contribution in [-0.2, 0) is 5.41 Å². The van der Waals surface area contributed by atoms with E-state index >= 15 is 0 Å². The Hall–Kier alpha value is -6.84. The molecule has 8 aromatic carbocycles. The molecule has 2 aromatic heterocycles. The number of aromatic nitrogens is 2. The fraction of sp³-hybridized carbons (Fsp3) is 0.0588. The van der Waals surface area contributed by atoms with Crippen LogP contribution in [0.5, 0.6) is 0 Å². The molecule has 0 saturated heterocycles. The molecule has 0 unspecified atom stereocenters. The Labute approximate surface area is 314 Å². The lowest BCUT2D eigenvalue weighted by molar-refractivity contribution is 0.660. The van der Waals surface area contributed by atoms with E-state index in [0.29, 0.717) is 0 Å². The summed E-state index contributed by atoms with van der Waals surface area (Å²) in [5.41, 5.74) is 17.0. The van der Waals surface area contributed by atoms with E-state index in [4.69, 9.17) is 0 Å². The Kier molecular flexibility index (Phi) is 6.60. The van der Waals surface area contributed by atoms with Crippen molar-refractivity contribution in [2.75, 3.05) is 4.90 Å². The van der Waals surface area contributed by atoms with Crippen molar-refractivity contribution >= 4 is 55.4 Å². The van der Waals surface area contributed by atoms with Gasteiger partial charge in [0.15, 0.2) is 0 Å². The number of benzene rings is 8. The smallest absolute Gasteiger partial charge is 0.131 e. The van der Waals surface area contributed by atoms with Crippen LogP contribution in [0.1, 0.15) is 25.0 Å². The summed E-state index contributed by atoms with van der Waals surface area (Å²) in [6.45, 7) is 4.71. The normalized spacial score (nSPS) is 13.1. The van der Waals surface area contributed by atoms with Crippen LogP contribution in [0.3, 0.4) is 0 Å². The summed E-state index contributed by atoms with van der Waals surface area (Å²) in [6.07, 6.45) is 0. The SMILES string of the molecule is CC1(C)c2ccccc2-c2ccc(N(c3ccc(-n4c5ccccc5n5c6ccccc6c(-c6ccccc6)c45)cc3)c3cccc4ccccc34)cc21. The summed E-state index contributed by atoms with van der Waals surface area (Å²) in [5.74, 6) is 0. The Bertz CT molecular complexity index is 3070. The maximum Gasteiger partial charge on any atom is 0.131 e. The van der Waals surface area contributed by atoms with Gasteiger partial charge in [-0.25, -0.2) is 0 Å². The van der Waals surface area contributed by atoms with Crippen LogP contribution in [-0.4, -0.2) is 8.97 Å². The number of rotatable bonds is 5. The Balaban J connectivity index is 1.13. The van der Waals surface area contributed by atoms with Crippen molar-refractivity contribution in [1.29, 1.82) is 0 Å². The van der Waals surface area contributed by atoms with Crippen LogP contribution in [0.15, 0.2) is 188 Å². The van der Waals surface area contributed by atoms with E-state index in [1.165, 1.54) is 71.7 Å². The van der Waals surface area contributed by atoms with Gasteiger partial charge < -0.3 is 4.90 Å². The molecule has 1 aliphatic rings. The molecule has 1 aliphatic carbocycles. The van der Waals surface area contributed by atoms with Gasteiger partial charge in [-0.1, -0.05) is 141 Å². The zero-order valence-electron chi connectivity index (χ0n) is 30.2. The first-order valence-electron chi connectivity index (χ1n) is 18.8. The number of para-hydroxylation sites is 3. The summed E-state index contributed by atoms with van der Waals surface area (Å²) in [5, 5.41) is 3.69. The van der Waals surface area contributed by atoms with Crippen molar-refractivity contribution in [3.63, 3.8) is 0 Å². The lowest BCUT2D eigenvalue weighted by Gasteiger charge is -2.29. The largest absolute Gasteiger partial charge is 0.310 e. The zero-order valence-corrected chi connectivity index (χ0v) is 30.2. The second-order valence-electron chi connectivity index (χ2n) is 15.0. The van der Waals surface area contributed by atoms with Crippen LogP contribution in [0.2, 0.25) is 0 Å². The molecular weight excluding hydrogens is 655 g/mol. The summed E-state index contributed by atoms with van der Waals surface area (Å²) in [7, 11) is 0. The Morgan fingerprint density at radius 3 is 1.93 bits per heavy atom. The van der Waals surface area contributed by atoms with Crippen molar-refractivity contribution < 1.29 is 0 Å². The minimum Gasteiger partial charge on any atom is -0.310 e. The maximum absolute atomic E-state index is 2.44. The van der Waals surface area contributed by atoms with Gasteiger partial charge in [-0.15, -0.1) is 0 Å². The Morgan fingerprint density at radius 2 is 1.09 bits per heavy atom. The molecular formula is C51H37N3. The minimum absolute atomic E-state index is 0.103. The molecule has 0 aliphatic heterocycles. The molecule has 0 spiro atoms. The van der Waals surface area contributed by atoms with Crippen molar-refractivity contribution in [2.24, 2.45) is 0 Å². The standard InChI is InChI=1S/C51H37N3/c1-51(2)43-22-10-8-20-40(43)41-32-31-38(33-44(41)51)52(45-26-14-18-34-15-6-7-19-39(34)45)36-27-29-37(30-28-36)53-47-24-12-13-25-48(47)54-46-23-11-9-21-42(46)49(50(53)54)35-16-4-3-5-17-35/h3-33H,1-2H3. The van der Waals surface area contributed by atoms with Crippen molar-refractivity contribution in [1.82, 2.24) is 8.97 Å². The third kappa shape index (κ3) is 4.36. The molecule has 0 radical (unpaired) electrons. The third-order valence-corrected chi connectivity index (χ3v) is 11.7. The molecule has 0 amide bonds. The topological polar surface area (TPSA) is 12.6 Å². The zero-order chi connectivity index (χ0) is 36.0. The summed E-state index contributed by atoms with van der Waals surface area (Å²) in [4.78, 5) is 2.44. The molecule has 10 aromatic rings. The van der Waals surface area contributed by atoms with Crippen molar-refractivity contribution in [2.45, 2.75) is 19.3 Å². The fourth-order valence-corrected chi connectivity index (χ4v) is 9.20. The average Bonchev–Trinajstić information content (AvgIpc) is 3.82. The number of anilines is 3. The van der Waals surface area contributed by atoms with Gasteiger partial charge in [0.2, 0.25) is 0 Å². The van der Waals surface area contributed by atoms with E-state index in [-0.39, 0.29) is 5.41 Å². The van der Waals surface area contributed by atoms with Crippen LogP contribution < -0.4 is 4.90 Å². The quantitative estimate of drug-likeness (QED) is 0.175. The van der Waals surface area contributed by atoms with Gasteiger partial charge in [0.1, 0.15) is 5.65 Å². The first kappa shape index (κ1) is 30.8. The monoisotopic (exact) mass is 691 g/mol. The van der Waals surface area contributed by atoms with E-state index in [2.05, 4.69) is 216 Å². The van der Waals surface area contributed by atoms with E-state index < -0.39 is 0 Å². The van der Waals surface area contributed by atoms with E-state index in [9.17, 15) is 0 Å². The molecule has 54 heavy (non-hydrogen) atoms. The Morgan fingerprint density at radius 1 is 0.463 bits per heavy atom. The van der Waals surface area contributed by atoms with Gasteiger partial charge in [0.05, 0.1) is 22.2 Å². The third-order valence-electron chi connectivity index (χ3n) is 11.7. The highest BCUT2D eigenvalue weighted by atomic mass is 15.2. The first-order valence-corrected chi connectivity index (χ1v) is 18.8. The highest BCUT2D eigenvalue weighted by molar-refractivity contribution is 6.09. The highest BCUT2D eigenvalue weighted by Gasteiger charge is 2.36. The lowest BCUT2D eigenvalue weighted by Crippen LogP contribution is -2.16. The van der Waals surface area contributed by atoms with E-state index in [0.717, 1.165) is 22.7 Å². The van der Waals surface area contributed by atoms with E-state index in [1.807, 2.05) is 0 Å². The first-order chi connectivity index (χ1) is 26.6. The van der Waals surface area contributed by atoms with Crippen LogP contribution in [0.25, 0.3) is 66.3 Å². The number of hydrogen-bond acceptors (Lipinski definition) is 1. The second-order valence-corrected chi connectivity index (χ2v) is 15.0. The van der Waals surface area contributed by atoms with Gasteiger partial charge in [0.25, 0.3) is 0 Å². The minimum atomic E-state index is -0.103. The van der Waals surface area contributed by atoms with Crippen molar-refractivity contribution in [3.8, 4) is 27.9 Å². The highest BCUT2D eigenvalue weighted by Crippen LogP contribution is 2.51. The molecule has 2 heterocycles. The molecule has 256 valence electrons. The summed E-state index contributed by atoms with van der Waals surface area (Å²) in [6, 6.07) is 68.8. The molecule has 3 nitrogen and oxygen atoms in total. The van der Waals surface area contributed by atoms with Gasteiger partial charge in [-0.3, -0.25) is 8.97 Å². The second kappa shape index (κ2) is 11.6. The average molecular weight is 692 g/mol. The molecule has 0 fully saturated rings. The van der Waals surface area contributed by atoms with Gasteiger partial charge in [0, 0.05) is 38.8 Å². The number of nitrogens with zero attached hydrogens (tertiary/aromatic N) is 3. The fourth-order valence-electron chi connectivity index (χ4n) is 9.20. The van der Waals surface area contributed by atoms with Crippen LogP contribution >= 0.6 is 0 Å². The summed E-state index contributed by atoms with van der Waals surface area (Å²) < 4.78 is 4.88. The number of imidazole rings is 1. The molecule has 0 saturated carbocycles. The van der Waals surface area contributed by atoms with Crippen LogP contribution in [0, 0.1) is 0 Å². The predicted octanol–water partition coefficient (Wildman–Crippen LogP) is 13.6. The van der Waals surface area contributed by atoms with Crippen molar-refractivity contribution in [3.05, 3.63) is 199 Å². The lowest BCUT2D eigenvalue weighted by atomic mass is 9.82. The predicted molar refractivity (Wildman–Crippen MR) is 227 cm³/mol. The van der Waals surface area contributed by atoms with Gasteiger partial charge >= 0.3 is 0 Å². The van der Waals surface area contributed by atoms with Crippen LogP contribution in [0.4, 0.5) is 17.1 Å².